The summed E-state index contributed by atoms with van der Waals surface area (Å²) in [7, 11) is 0. The van der Waals surface area contributed by atoms with E-state index in [1.807, 2.05) is 4.90 Å². The van der Waals surface area contributed by atoms with E-state index in [1.165, 1.54) is 12.5 Å². The Kier molecular flexibility index (Phi) is 4.59. The van der Waals surface area contributed by atoms with Gasteiger partial charge in [0.05, 0.1) is 11.6 Å². The zero-order valence-corrected chi connectivity index (χ0v) is 12.9. The molecule has 1 aliphatic heterocycles. The molecule has 0 radical (unpaired) electrons. The first-order valence-electron chi connectivity index (χ1n) is 8.10. The van der Waals surface area contributed by atoms with Crippen LogP contribution in [0.1, 0.15) is 38.5 Å². The van der Waals surface area contributed by atoms with Crippen LogP contribution in [0, 0.1) is 17.6 Å². The lowest BCUT2D eigenvalue weighted by atomic mass is 9.94. The standard InChI is InChI=1S/C17H20F2N2O2/c18-12-6-7-15(14(19)9-12)20-17(23)11-8-16(22)21(10-11)13-4-2-1-3-5-13/h6-7,9,11,13H,1-5,8,10H2,(H,20,23)/t11-/m0/s1. The van der Waals surface area contributed by atoms with E-state index >= 15 is 0 Å². The molecule has 2 fully saturated rings. The van der Waals surface area contributed by atoms with Crippen LogP contribution in [0.5, 0.6) is 0 Å². The largest absolute Gasteiger partial charge is 0.339 e. The fourth-order valence-electron chi connectivity index (χ4n) is 3.48. The summed E-state index contributed by atoms with van der Waals surface area (Å²) >= 11 is 0. The Morgan fingerprint density at radius 1 is 1.17 bits per heavy atom. The number of hydrogen-bond acceptors (Lipinski definition) is 2. The Labute approximate surface area is 133 Å². The van der Waals surface area contributed by atoms with E-state index < -0.39 is 17.6 Å². The fourth-order valence-corrected chi connectivity index (χ4v) is 3.48. The Hall–Kier alpha value is -1.98. The minimum atomic E-state index is -0.813. The summed E-state index contributed by atoms with van der Waals surface area (Å²) < 4.78 is 26.5. The Balaban J connectivity index is 1.63. The van der Waals surface area contributed by atoms with Crippen molar-refractivity contribution in [1.82, 2.24) is 4.90 Å². The molecule has 1 aliphatic carbocycles. The Morgan fingerprint density at radius 2 is 1.91 bits per heavy atom. The van der Waals surface area contributed by atoms with Crippen molar-refractivity contribution in [1.29, 1.82) is 0 Å². The number of anilines is 1. The highest BCUT2D eigenvalue weighted by Gasteiger charge is 2.38. The van der Waals surface area contributed by atoms with Crippen LogP contribution in [0.3, 0.4) is 0 Å². The van der Waals surface area contributed by atoms with Crippen molar-refractivity contribution in [2.24, 2.45) is 5.92 Å². The Bertz CT molecular complexity index is 615. The van der Waals surface area contributed by atoms with Crippen LogP contribution < -0.4 is 5.32 Å². The van der Waals surface area contributed by atoms with Crippen LogP contribution in [0.2, 0.25) is 0 Å². The molecule has 0 unspecified atom stereocenters. The second-order valence-electron chi connectivity index (χ2n) is 6.35. The molecule has 1 aromatic rings. The van der Waals surface area contributed by atoms with Crippen molar-refractivity contribution in [2.75, 3.05) is 11.9 Å². The quantitative estimate of drug-likeness (QED) is 0.930. The molecule has 1 heterocycles. The molecule has 0 spiro atoms. The molecule has 1 saturated carbocycles. The Morgan fingerprint density at radius 3 is 2.61 bits per heavy atom. The maximum atomic E-state index is 13.6. The van der Waals surface area contributed by atoms with Crippen molar-refractivity contribution in [3.63, 3.8) is 0 Å². The number of nitrogens with zero attached hydrogens (tertiary/aromatic N) is 1. The molecule has 0 bridgehead atoms. The first-order valence-corrected chi connectivity index (χ1v) is 8.10. The molecule has 1 atom stereocenters. The zero-order chi connectivity index (χ0) is 16.4. The van der Waals surface area contributed by atoms with Gasteiger partial charge in [0, 0.05) is 25.1 Å². The van der Waals surface area contributed by atoms with E-state index in [2.05, 4.69) is 5.32 Å². The van der Waals surface area contributed by atoms with E-state index in [-0.39, 0.29) is 30.0 Å². The summed E-state index contributed by atoms with van der Waals surface area (Å²) in [6.45, 7) is 0.387. The molecule has 6 heteroatoms. The van der Waals surface area contributed by atoms with Crippen LogP contribution in [0.4, 0.5) is 14.5 Å². The molecule has 1 N–H and O–H groups in total. The molecule has 0 aromatic heterocycles. The van der Waals surface area contributed by atoms with Crippen molar-refractivity contribution in [2.45, 2.75) is 44.6 Å². The van der Waals surface area contributed by atoms with Crippen LogP contribution in [0.25, 0.3) is 0 Å². The number of amides is 2. The summed E-state index contributed by atoms with van der Waals surface area (Å²) in [4.78, 5) is 26.3. The highest BCUT2D eigenvalue weighted by Crippen LogP contribution is 2.29. The number of likely N-dealkylation sites (tertiary alicyclic amines) is 1. The monoisotopic (exact) mass is 322 g/mol. The fraction of sp³-hybridized carbons (Fsp3) is 0.529. The molecule has 1 saturated heterocycles. The SMILES string of the molecule is O=C(Nc1ccc(F)cc1F)[C@H]1CC(=O)N(C2CCCCC2)C1. The van der Waals surface area contributed by atoms with Gasteiger partial charge in [0.15, 0.2) is 0 Å². The number of hydrogen-bond donors (Lipinski definition) is 1. The van der Waals surface area contributed by atoms with Crippen LogP contribution in [-0.4, -0.2) is 29.3 Å². The normalized spacial score (nSPS) is 22.4. The highest BCUT2D eigenvalue weighted by molar-refractivity contribution is 5.97. The van der Waals surface area contributed by atoms with Gasteiger partial charge in [-0.2, -0.15) is 0 Å². The highest BCUT2D eigenvalue weighted by atomic mass is 19.1. The minimum Gasteiger partial charge on any atom is -0.339 e. The van der Waals surface area contributed by atoms with Gasteiger partial charge >= 0.3 is 0 Å². The van der Waals surface area contributed by atoms with Crippen LogP contribution in [0.15, 0.2) is 18.2 Å². The molecular formula is C17H20F2N2O2. The summed E-state index contributed by atoms with van der Waals surface area (Å²) in [5.41, 5.74) is -0.0556. The van der Waals surface area contributed by atoms with Gasteiger partial charge in [0.1, 0.15) is 11.6 Å². The zero-order valence-electron chi connectivity index (χ0n) is 12.9. The summed E-state index contributed by atoms with van der Waals surface area (Å²) in [6, 6.07) is 3.24. The van der Waals surface area contributed by atoms with Crippen LogP contribution in [-0.2, 0) is 9.59 Å². The van der Waals surface area contributed by atoms with E-state index in [0.717, 1.165) is 37.8 Å². The number of halogens is 2. The summed E-state index contributed by atoms with van der Waals surface area (Å²) in [5.74, 6) is -2.38. The van der Waals surface area contributed by atoms with Crippen molar-refractivity contribution >= 4 is 17.5 Å². The summed E-state index contributed by atoms with van der Waals surface area (Å²) in [5, 5.41) is 2.46. The number of nitrogens with one attached hydrogen (secondary N) is 1. The van der Waals surface area contributed by atoms with Crippen molar-refractivity contribution in [3.05, 3.63) is 29.8 Å². The lowest BCUT2D eigenvalue weighted by Gasteiger charge is -2.31. The average molecular weight is 322 g/mol. The van der Waals surface area contributed by atoms with Crippen molar-refractivity contribution < 1.29 is 18.4 Å². The lowest BCUT2D eigenvalue weighted by Crippen LogP contribution is -2.38. The molecule has 124 valence electrons. The lowest BCUT2D eigenvalue weighted by molar-refractivity contribution is -0.130. The van der Waals surface area contributed by atoms with Gasteiger partial charge in [-0.3, -0.25) is 9.59 Å². The summed E-state index contributed by atoms with van der Waals surface area (Å²) in [6.07, 6.45) is 5.58. The van der Waals surface area contributed by atoms with Gasteiger partial charge in [-0.25, -0.2) is 8.78 Å². The molecule has 23 heavy (non-hydrogen) atoms. The average Bonchev–Trinajstić information content (AvgIpc) is 2.93. The first kappa shape index (κ1) is 15.9. The molecule has 1 aromatic carbocycles. The van der Waals surface area contributed by atoms with Gasteiger partial charge in [0.25, 0.3) is 0 Å². The second-order valence-corrected chi connectivity index (χ2v) is 6.35. The van der Waals surface area contributed by atoms with Crippen LogP contribution >= 0.6 is 0 Å². The second kappa shape index (κ2) is 6.64. The molecule has 4 nitrogen and oxygen atoms in total. The van der Waals surface area contributed by atoms with E-state index in [1.54, 1.807) is 0 Å². The number of benzene rings is 1. The minimum absolute atomic E-state index is 0.00312. The van der Waals surface area contributed by atoms with Gasteiger partial charge in [-0.15, -0.1) is 0 Å². The molecule has 2 aliphatic rings. The molecule has 3 rings (SSSR count). The molecular weight excluding hydrogens is 302 g/mol. The number of carbonyl (C=O) groups excluding carboxylic acids is 2. The smallest absolute Gasteiger partial charge is 0.229 e. The van der Waals surface area contributed by atoms with Gasteiger partial charge < -0.3 is 10.2 Å². The van der Waals surface area contributed by atoms with E-state index in [4.69, 9.17) is 0 Å². The van der Waals surface area contributed by atoms with Crippen molar-refractivity contribution in [3.8, 4) is 0 Å². The maximum absolute atomic E-state index is 13.6. The maximum Gasteiger partial charge on any atom is 0.229 e. The van der Waals surface area contributed by atoms with Gasteiger partial charge in [-0.1, -0.05) is 19.3 Å². The van der Waals surface area contributed by atoms with E-state index in [9.17, 15) is 18.4 Å². The van der Waals surface area contributed by atoms with Gasteiger partial charge in [-0.05, 0) is 25.0 Å². The predicted octanol–water partition coefficient (Wildman–Crippen LogP) is 3.08. The third-order valence-corrected chi connectivity index (χ3v) is 4.73. The van der Waals surface area contributed by atoms with Gasteiger partial charge in [0.2, 0.25) is 11.8 Å². The first-order chi connectivity index (χ1) is 11.0. The predicted molar refractivity (Wildman–Crippen MR) is 81.7 cm³/mol. The molecule has 2 amide bonds. The number of carbonyl (C=O) groups is 2. The third-order valence-electron chi connectivity index (χ3n) is 4.73. The van der Waals surface area contributed by atoms with E-state index in [0.29, 0.717) is 6.54 Å². The third kappa shape index (κ3) is 3.51. The topological polar surface area (TPSA) is 49.4 Å². The number of rotatable bonds is 3.